The first-order chi connectivity index (χ1) is 13.1. The summed E-state index contributed by atoms with van der Waals surface area (Å²) >= 11 is 6.10. The lowest BCUT2D eigenvalue weighted by Crippen LogP contribution is -2.44. The van der Waals surface area contributed by atoms with Crippen molar-refractivity contribution in [2.75, 3.05) is 25.0 Å². The Bertz CT molecular complexity index is 987. The molecule has 3 aromatic rings. The molecule has 0 saturated carbocycles. The average Bonchev–Trinajstić information content (AvgIpc) is 3.33. The van der Waals surface area contributed by atoms with Crippen LogP contribution in [0.1, 0.15) is 19.8 Å². The Hall–Kier alpha value is -2.67. The third-order valence-corrected chi connectivity index (χ3v) is 5.27. The number of fused-ring (bicyclic) bond motifs is 1. The molecule has 0 bridgehead atoms. The number of nitrogens with zero attached hydrogens (tertiary/aromatic N) is 5. The van der Waals surface area contributed by atoms with Crippen LogP contribution in [0, 0.1) is 0 Å². The summed E-state index contributed by atoms with van der Waals surface area (Å²) in [7, 11) is 1.84. The molecule has 1 aliphatic rings. The second-order valence-electron chi connectivity index (χ2n) is 6.69. The number of likely N-dealkylation sites (N-methyl/N-ethyl adjacent to an activating group) is 1. The number of hydrogen-bond acceptors (Lipinski definition) is 5. The molecule has 1 fully saturated rings. The third-order valence-electron chi connectivity index (χ3n) is 5.06. The van der Waals surface area contributed by atoms with E-state index in [0.717, 1.165) is 41.8 Å². The molecular formula is C19H21ClN6O. The highest BCUT2D eigenvalue weighted by atomic mass is 35.5. The highest BCUT2D eigenvalue weighted by Crippen LogP contribution is 2.30. The Kier molecular flexibility index (Phi) is 4.70. The third kappa shape index (κ3) is 3.23. The highest BCUT2D eigenvalue weighted by Gasteiger charge is 2.33. The maximum atomic E-state index is 12.7. The van der Waals surface area contributed by atoms with E-state index in [1.807, 2.05) is 32.3 Å². The Balaban J connectivity index is 1.70. The summed E-state index contributed by atoms with van der Waals surface area (Å²) in [5.41, 5.74) is 1.58. The van der Waals surface area contributed by atoms with Crippen LogP contribution >= 0.6 is 11.6 Å². The number of H-pyrrole nitrogens is 1. The predicted molar refractivity (Wildman–Crippen MR) is 106 cm³/mol. The smallest absolute Gasteiger partial charge is 0.245 e. The standard InChI is InChI=1S/C19H21ClN6O/c1-3-25(2)19(27)15-5-4-8-26(15)16-6-7-21-18(24-16)14-11-23-17-13(14)9-12(20)10-22-17/h6-7,9-11,15H,3-5,8H2,1-2H3,(H,22,23)/t15-/m1/s1. The zero-order valence-corrected chi connectivity index (χ0v) is 16.1. The van der Waals surface area contributed by atoms with Crippen molar-refractivity contribution in [3.63, 3.8) is 0 Å². The van der Waals surface area contributed by atoms with Crippen molar-refractivity contribution in [2.45, 2.75) is 25.8 Å². The quantitative estimate of drug-likeness (QED) is 0.747. The molecule has 4 rings (SSSR count). The minimum Gasteiger partial charge on any atom is -0.345 e. The van der Waals surface area contributed by atoms with Crippen LogP contribution in [-0.4, -0.2) is 56.9 Å². The first kappa shape index (κ1) is 17.7. The van der Waals surface area contributed by atoms with Gasteiger partial charge < -0.3 is 14.8 Å². The molecule has 8 heteroatoms. The van der Waals surface area contributed by atoms with Crippen molar-refractivity contribution in [1.29, 1.82) is 0 Å². The van der Waals surface area contributed by atoms with Gasteiger partial charge in [0.1, 0.15) is 17.5 Å². The molecule has 7 nitrogen and oxygen atoms in total. The predicted octanol–water partition coefficient (Wildman–Crippen LogP) is 3.12. The van der Waals surface area contributed by atoms with Gasteiger partial charge >= 0.3 is 0 Å². The molecule has 1 N–H and O–H groups in total. The van der Waals surface area contributed by atoms with E-state index in [4.69, 9.17) is 16.6 Å². The summed E-state index contributed by atoms with van der Waals surface area (Å²) in [6.07, 6.45) is 6.99. The fraction of sp³-hybridized carbons (Fsp3) is 0.368. The van der Waals surface area contributed by atoms with Crippen molar-refractivity contribution in [1.82, 2.24) is 24.8 Å². The summed E-state index contributed by atoms with van der Waals surface area (Å²) in [6.45, 7) is 3.49. The van der Waals surface area contributed by atoms with Gasteiger partial charge in [0.05, 0.1) is 5.02 Å². The average molecular weight is 385 g/mol. The van der Waals surface area contributed by atoms with Crippen LogP contribution in [0.4, 0.5) is 5.82 Å². The van der Waals surface area contributed by atoms with Crippen LogP contribution < -0.4 is 4.90 Å². The number of nitrogens with one attached hydrogen (secondary N) is 1. The summed E-state index contributed by atoms with van der Waals surface area (Å²) < 4.78 is 0. The molecule has 1 aliphatic heterocycles. The lowest BCUT2D eigenvalue weighted by Gasteiger charge is -2.28. The maximum absolute atomic E-state index is 12.7. The second-order valence-corrected chi connectivity index (χ2v) is 7.13. The zero-order chi connectivity index (χ0) is 19.0. The molecule has 1 saturated heterocycles. The molecule has 1 atom stereocenters. The van der Waals surface area contributed by atoms with E-state index in [1.54, 1.807) is 17.3 Å². The second kappa shape index (κ2) is 7.15. The molecular weight excluding hydrogens is 364 g/mol. The summed E-state index contributed by atoms with van der Waals surface area (Å²) in [4.78, 5) is 33.1. The minimum absolute atomic E-state index is 0.137. The Morgan fingerprint density at radius 2 is 2.30 bits per heavy atom. The highest BCUT2D eigenvalue weighted by molar-refractivity contribution is 6.31. The molecule has 0 spiro atoms. The molecule has 0 radical (unpaired) electrons. The van der Waals surface area contributed by atoms with E-state index in [9.17, 15) is 4.79 Å². The molecule has 140 valence electrons. The van der Waals surface area contributed by atoms with Gasteiger partial charge in [-0.25, -0.2) is 15.0 Å². The molecule has 1 amide bonds. The number of amides is 1. The Morgan fingerprint density at radius 1 is 1.44 bits per heavy atom. The van der Waals surface area contributed by atoms with Gasteiger partial charge in [0, 0.05) is 49.7 Å². The van der Waals surface area contributed by atoms with Crippen molar-refractivity contribution in [3.8, 4) is 11.4 Å². The summed E-state index contributed by atoms with van der Waals surface area (Å²) in [5.74, 6) is 1.49. The Morgan fingerprint density at radius 3 is 3.11 bits per heavy atom. The monoisotopic (exact) mass is 384 g/mol. The summed E-state index contributed by atoms with van der Waals surface area (Å²) in [6, 6.07) is 3.54. The number of aromatic amines is 1. The lowest BCUT2D eigenvalue weighted by atomic mass is 10.2. The van der Waals surface area contributed by atoms with Gasteiger partial charge in [0.25, 0.3) is 0 Å². The number of aromatic nitrogens is 4. The van der Waals surface area contributed by atoms with Crippen molar-refractivity contribution in [3.05, 3.63) is 35.7 Å². The topological polar surface area (TPSA) is 78.0 Å². The fourth-order valence-electron chi connectivity index (χ4n) is 3.51. The van der Waals surface area contributed by atoms with Crippen LogP contribution in [0.3, 0.4) is 0 Å². The lowest BCUT2D eigenvalue weighted by molar-refractivity contribution is -0.130. The number of carbonyl (C=O) groups is 1. The number of hydrogen-bond donors (Lipinski definition) is 1. The van der Waals surface area contributed by atoms with E-state index >= 15 is 0 Å². The number of halogens is 1. The van der Waals surface area contributed by atoms with Gasteiger partial charge in [-0.05, 0) is 31.9 Å². The minimum atomic E-state index is -0.170. The van der Waals surface area contributed by atoms with Crippen LogP contribution in [-0.2, 0) is 4.79 Å². The van der Waals surface area contributed by atoms with Gasteiger partial charge in [0.15, 0.2) is 5.82 Å². The first-order valence-corrected chi connectivity index (χ1v) is 9.44. The molecule has 3 aromatic heterocycles. The first-order valence-electron chi connectivity index (χ1n) is 9.06. The van der Waals surface area contributed by atoms with Crippen LogP contribution in [0.2, 0.25) is 5.02 Å². The van der Waals surface area contributed by atoms with E-state index < -0.39 is 0 Å². The molecule has 4 heterocycles. The van der Waals surface area contributed by atoms with E-state index in [0.29, 0.717) is 17.4 Å². The number of carbonyl (C=O) groups excluding carboxylic acids is 1. The summed E-state index contributed by atoms with van der Waals surface area (Å²) in [5, 5.41) is 1.44. The van der Waals surface area contributed by atoms with Crippen molar-refractivity contribution < 1.29 is 4.79 Å². The SMILES string of the molecule is CCN(C)C(=O)[C@H]1CCCN1c1ccnc(-c2c[nH]c3ncc(Cl)cc23)n1. The van der Waals surface area contributed by atoms with Gasteiger partial charge in [0.2, 0.25) is 5.91 Å². The largest absolute Gasteiger partial charge is 0.345 e. The van der Waals surface area contributed by atoms with E-state index in [2.05, 4.69) is 19.9 Å². The van der Waals surface area contributed by atoms with E-state index in [1.165, 1.54) is 0 Å². The van der Waals surface area contributed by atoms with Gasteiger partial charge in [-0.2, -0.15) is 0 Å². The molecule has 0 aromatic carbocycles. The van der Waals surface area contributed by atoms with Gasteiger partial charge in [-0.15, -0.1) is 0 Å². The van der Waals surface area contributed by atoms with Crippen LogP contribution in [0.15, 0.2) is 30.7 Å². The van der Waals surface area contributed by atoms with Crippen LogP contribution in [0.25, 0.3) is 22.4 Å². The van der Waals surface area contributed by atoms with E-state index in [-0.39, 0.29) is 11.9 Å². The zero-order valence-electron chi connectivity index (χ0n) is 15.3. The molecule has 0 aliphatic carbocycles. The van der Waals surface area contributed by atoms with Gasteiger partial charge in [-0.1, -0.05) is 11.6 Å². The number of pyridine rings is 1. The van der Waals surface area contributed by atoms with Crippen molar-refractivity contribution >= 4 is 34.4 Å². The number of rotatable bonds is 4. The van der Waals surface area contributed by atoms with Crippen molar-refractivity contribution in [2.24, 2.45) is 0 Å². The number of anilines is 1. The normalized spacial score (nSPS) is 16.9. The molecule has 27 heavy (non-hydrogen) atoms. The van der Waals surface area contributed by atoms with Crippen LogP contribution in [0.5, 0.6) is 0 Å². The maximum Gasteiger partial charge on any atom is 0.245 e. The Labute approximate surface area is 162 Å². The van der Waals surface area contributed by atoms with Gasteiger partial charge in [-0.3, -0.25) is 4.79 Å². The fourth-order valence-corrected chi connectivity index (χ4v) is 3.67. The molecule has 0 unspecified atom stereocenters.